The Morgan fingerprint density at radius 2 is 1.89 bits per heavy atom. The van der Waals surface area contributed by atoms with Crippen LogP contribution in [0.25, 0.3) is 0 Å². The van der Waals surface area contributed by atoms with E-state index in [4.69, 9.17) is 28.3 Å². The molecule has 0 heterocycles. The van der Waals surface area contributed by atoms with E-state index in [2.05, 4.69) is 0 Å². The average molecular weight is 291 g/mol. The maximum absolute atomic E-state index is 12.4. The average Bonchev–Trinajstić information content (AvgIpc) is 2.26. The minimum absolute atomic E-state index is 0.300. The van der Waals surface area contributed by atoms with Crippen LogP contribution in [0, 0.1) is 0 Å². The molecule has 0 saturated heterocycles. The molecule has 0 aliphatic rings. The van der Waals surface area contributed by atoms with Crippen molar-refractivity contribution < 1.29 is 9.53 Å². The van der Waals surface area contributed by atoms with Crippen LogP contribution in [0.3, 0.4) is 0 Å². The van der Waals surface area contributed by atoms with Gasteiger partial charge in [0, 0.05) is 29.1 Å². The van der Waals surface area contributed by atoms with Crippen LogP contribution in [0.2, 0.25) is 0 Å². The van der Waals surface area contributed by atoms with Gasteiger partial charge in [-0.25, -0.2) is 5.01 Å². The van der Waals surface area contributed by atoms with Gasteiger partial charge in [0.05, 0.1) is 12.6 Å². The fourth-order valence-electron chi connectivity index (χ4n) is 1.48. The van der Waals surface area contributed by atoms with Crippen LogP contribution in [0.4, 0.5) is 0 Å². The van der Waals surface area contributed by atoms with Crippen LogP contribution in [-0.4, -0.2) is 27.6 Å². The molecule has 6 heteroatoms. The van der Waals surface area contributed by atoms with Crippen molar-refractivity contribution in [3.8, 4) is 5.75 Å². The monoisotopic (exact) mass is 290 g/mol. The Morgan fingerprint density at radius 1 is 1.28 bits per heavy atom. The van der Waals surface area contributed by atoms with Crippen LogP contribution < -0.4 is 4.74 Å². The highest BCUT2D eigenvalue weighted by Crippen LogP contribution is 2.24. The number of carbonyl (C=O) groups excluding carboxylic acids is 1. The Bertz CT molecular complexity index is 430. The van der Waals surface area contributed by atoms with Crippen LogP contribution in [0.1, 0.15) is 31.1 Å². The van der Waals surface area contributed by atoms with Crippen LogP contribution in [-0.2, 0) is 0 Å². The summed E-state index contributed by atoms with van der Waals surface area (Å²) in [6.07, 6.45) is 0. The van der Waals surface area contributed by atoms with Crippen molar-refractivity contribution >= 4 is 29.5 Å². The number of rotatable bonds is 3. The third-order valence-electron chi connectivity index (χ3n) is 2.30. The minimum atomic E-state index is -0.538. The third-order valence-corrected chi connectivity index (χ3v) is 2.60. The molecule has 100 valence electrons. The molecule has 0 unspecified atom stereocenters. The molecule has 1 rings (SSSR count). The standard InChI is InChI=1S/C12H16Cl2N2O2/c1-12(2,3)15(16(13)14)11(17)9-6-5-7-10(8-9)18-4/h5-8H,1-4H3. The Balaban J connectivity index is 3.10. The molecular weight excluding hydrogens is 275 g/mol. The maximum atomic E-state index is 12.4. The fourth-order valence-corrected chi connectivity index (χ4v) is 2.07. The van der Waals surface area contributed by atoms with E-state index < -0.39 is 5.54 Å². The van der Waals surface area contributed by atoms with Gasteiger partial charge >= 0.3 is 0 Å². The molecule has 1 amide bonds. The van der Waals surface area contributed by atoms with Gasteiger partial charge in [-0.2, -0.15) is 0 Å². The molecule has 0 aliphatic heterocycles. The summed E-state index contributed by atoms with van der Waals surface area (Å²) in [4.78, 5) is 12.4. The number of hydrogen-bond donors (Lipinski definition) is 0. The zero-order chi connectivity index (χ0) is 13.9. The molecule has 0 aromatic heterocycles. The van der Waals surface area contributed by atoms with E-state index in [0.717, 1.165) is 4.05 Å². The topological polar surface area (TPSA) is 32.8 Å². The Kier molecular flexibility index (Phi) is 4.85. The summed E-state index contributed by atoms with van der Waals surface area (Å²) in [6, 6.07) is 6.82. The molecular formula is C12H16Cl2N2O2. The van der Waals surface area contributed by atoms with E-state index in [1.807, 2.05) is 20.8 Å². The number of benzene rings is 1. The molecule has 0 spiro atoms. The van der Waals surface area contributed by atoms with Gasteiger partial charge in [-0.1, -0.05) is 6.07 Å². The molecule has 0 saturated carbocycles. The predicted molar refractivity (Wildman–Crippen MR) is 72.5 cm³/mol. The molecule has 18 heavy (non-hydrogen) atoms. The number of amides is 1. The molecule has 0 aliphatic carbocycles. The number of halogens is 2. The number of hydrazine groups is 1. The molecule has 1 aromatic rings. The highest BCUT2D eigenvalue weighted by molar-refractivity contribution is 6.34. The number of carbonyl (C=O) groups is 1. The number of ether oxygens (including phenoxy) is 1. The summed E-state index contributed by atoms with van der Waals surface area (Å²) in [6.45, 7) is 5.51. The van der Waals surface area contributed by atoms with E-state index in [-0.39, 0.29) is 5.91 Å². The molecule has 0 bridgehead atoms. The Labute approximate surface area is 117 Å². The maximum Gasteiger partial charge on any atom is 0.270 e. The highest BCUT2D eigenvalue weighted by atomic mass is 35.5. The summed E-state index contributed by atoms with van der Waals surface area (Å²) >= 11 is 11.4. The normalized spacial score (nSPS) is 11.5. The first kappa shape index (κ1) is 15.1. The van der Waals surface area contributed by atoms with Crippen LogP contribution in [0.5, 0.6) is 5.75 Å². The van der Waals surface area contributed by atoms with Gasteiger partial charge in [-0.15, -0.1) is 0 Å². The second-order valence-electron chi connectivity index (χ2n) is 4.73. The summed E-state index contributed by atoms with van der Waals surface area (Å²) in [5, 5.41) is 1.25. The first-order valence-electron chi connectivity index (χ1n) is 5.37. The largest absolute Gasteiger partial charge is 0.497 e. The van der Waals surface area contributed by atoms with E-state index in [1.165, 1.54) is 5.01 Å². The van der Waals surface area contributed by atoms with Crippen molar-refractivity contribution in [1.29, 1.82) is 0 Å². The van der Waals surface area contributed by atoms with Gasteiger partial charge in [0.1, 0.15) is 5.75 Å². The van der Waals surface area contributed by atoms with Gasteiger partial charge in [0.2, 0.25) is 0 Å². The third kappa shape index (κ3) is 3.51. The quantitative estimate of drug-likeness (QED) is 0.631. The van der Waals surface area contributed by atoms with Gasteiger partial charge in [0.25, 0.3) is 5.91 Å². The van der Waals surface area contributed by atoms with Gasteiger partial charge in [-0.05, 0) is 43.0 Å². The number of nitrogens with zero attached hydrogens (tertiary/aromatic N) is 2. The molecule has 4 nitrogen and oxygen atoms in total. The molecule has 1 aromatic carbocycles. The van der Waals surface area contributed by atoms with E-state index in [9.17, 15) is 4.79 Å². The van der Waals surface area contributed by atoms with E-state index in [1.54, 1.807) is 31.4 Å². The lowest BCUT2D eigenvalue weighted by molar-refractivity contribution is 0.0244. The predicted octanol–water partition coefficient (Wildman–Crippen LogP) is 3.46. The Morgan fingerprint density at radius 3 is 2.33 bits per heavy atom. The van der Waals surface area contributed by atoms with Crippen molar-refractivity contribution in [2.24, 2.45) is 0 Å². The lowest BCUT2D eigenvalue weighted by atomic mass is 10.1. The van der Waals surface area contributed by atoms with Crippen molar-refractivity contribution in [2.45, 2.75) is 26.3 Å². The lowest BCUT2D eigenvalue weighted by Crippen LogP contribution is -2.49. The van der Waals surface area contributed by atoms with E-state index in [0.29, 0.717) is 11.3 Å². The first-order valence-corrected chi connectivity index (χ1v) is 6.05. The fraction of sp³-hybridized carbons (Fsp3) is 0.417. The summed E-state index contributed by atoms with van der Waals surface area (Å²) in [5.41, 5.74) is -0.0838. The van der Waals surface area contributed by atoms with Gasteiger partial charge < -0.3 is 4.74 Å². The van der Waals surface area contributed by atoms with Crippen molar-refractivity contribution in [3.05, 3.63) is 29.8 Å². The zero-order valence-electron chi connectivity index (χ0n) is 10.8. The lowest BCUT2D eigenvalue weighted by Gasteiger charge is -2.36. The summed E-state index contributed by atoms with van der Waals surface area (Å²) in [7, 11) is 1.54. The number of hydrogen-bond acceptors (Lipinski definition) is 3. The zero-order valence-corrected chi connectivity index (χ0v) is 12.3. The smallest absolute Gasteiger partial charge is 0.270 e. The summed E-state index contributed by atoms with van der Waals surface area (Å²) in [5.74, 6) is 0.303. The second-order valence-corrected chi connectivity index (χ2v) is 5.55. The molecule has 0 atom stereocenters. The highest BCUT2D eigenvalue weighted by Gasteiger charge is 2.31. The second kappa shape index (κ2) is 5.78. The Hall–Kier alpha value is -0.970. The van der Waals surface area contributed by atoms with Crippen LogP contribution >= 0.6 is 23.6 Å². The van der Waals surface area contributed by atoms with Crippen molar-refractivity contribution in [1.82, 2.24) is 9.06 Å². The van der Waals surface area contributed by atoms with Crippen molar-refractivity contribution in [2.75, 3.05) is 7.11 Å². The summed E-state index contributed by atoms with van der Waals surface area (Å²) < 4.78 is 5.83. The molecule has 0 radical (unpaired) electrons. The molecule has 0 fully saturated rings. The number of methoxy groups -OCH3 is 1. The van der Waals surface area contributed by atoms with Crippen molar-refractivity contribution in [3.63, 3.8) is 0 Å². The molecule has 0 N–H and O–H groups in total. The minimum Gasteiger partial charge on any atom is -0.497 e. The SMILES string of the molecule is COc1cccc(C(=O)N(N(Cl)Cl)C(C)(C)C)c1. The first-order chi connectivity index (χ1) is 8.27. The van der Waals surface area contributed by atoms with Gasteiger partial charge in [0.15, 0.2) is 0 Å². The van der Waals surface area contributed by atoms with Crippen LogP contribution in [0.15, 0.2) is 24.3 Å². The van der Waals surface area contributed by atoms with Gasteiger partial charge in [-0.3, -0.25) is 4.79 Å². The van der Waals surface area contributed by atoms with E-state index >= 15 is 0 Å².